The Balaban J connectivity index is 1.69. The van der Waals surface area contributed by atoms with E-state index in [4.69, 9.17) is 0 Å². The molecule has 0 spiro atoms. The number of nitrogens with one attached hydrogen (secondary N) is 2. The first-order chi connectivity index (χ1) is 14.4. The van der Waals surface area contributed by atoms with E-state index in [1.165, 1.54) is 11.3 Å². The fourth-order valence-corrected chi connectivity index (χ4v) is 5.53. The SMILES string of the molecule is Cc1ccc(S(=O)(=O)[C@H](CNC(=O)C(=O)NCc2ccccn2)c2cccs2)cc1. The molecule has 2 aromatic heterocycles. The number of amides is 2. The smallest absolute Gasteiger partial charge is 0.309 e. The maximum Gasteiger partial charge on any atom is 0.309 e. The molecule has 156 valence electrons. The molecule has 2 amide bonds. The average molecular weight is 444 g/mol. The second kappa shape index (κ2) is 9.64. The zero-order valence-electron chi connectivity index (χ0n) is 16.2. The van der Waals surface area contributed by atoms with Crippen LogP contribution in [0.25, 0.3) is 0 Å². The maximum atomic E-state index is 13.2. The van der Waals surface area contributed by atoms with E-state index >= 15 is 0 Å². The van der Waals surface area contributed by atoms with Crippen LogP contribution in [0.3, 0.4) is 0 Å². The predicted octanol–water partition coefficient (Wildman–Crippen LogP) is 2.40. The second-order valence-corrected chi connectivity index (χ2v) is 9.69. The Kier molecular flexibility index (Phi) is 6.96. The molecule has 3 aromatic rings. The molecular formula is C21H21N3O4S2. The lowest BCUT2D eigenvalue weighted by Crippen LogP contribution is -2.42. The quantitative estimate of drug-likeness (QED) is 0.546. The van der Waals surface area contributed by atoms with E-state index in [1.807, 2.05) is 6.92 Å². The van der Waals surface area contributed by atoms with Crippen molar-refractivity contribution in [2.45, 2.75) is 23.6 Å². The van der Waals surface area contributed by atoms with Crippen molar-refractivity contribution in [2.24, 2.45) is 0 Å². The Labute approximate surface area is 179 Å². The Morgan fingerprint density at radius 2 is 1.73 bits per heavy atom. The zero-order valence-corrected chi connectivity index (χ0v) is 17.9. The summed E-state index contributed by atoms with van der Waals surface area (Å²) in [5.41, 5.74) is 1.55. The van der Waals surface area contributed by atoms with Gasteiger partial charge in [0, 0.05) is 17.6 Å². The summed E-state index contributed by atoms with van der Waals surface area (Å²) in [6.45, 7) is 1.76. The van der Waals surface area contributed by atoms with Crippen molar-refractivity contribution in [3.63, 3.8) is 0 Å². The number of hydrogen-bond acceptors (Lipinski definition) is 6. The molecule has 0 aliphatic heterocycles. The topological polar surface area (TPSA) is 105 Å². The summed E-state index contributed by atoms with van der Waals surface area (Å²) in [5.74, 6) is -1.75. The van der Waals surface area contributed by atoms with E-state index in [0.29, 0.717) is 10.6 Å². The summed E-state index contributed by atoms with van der Waals surface area (Å²) in [7, 11) is -3.76. The maximum absolute atomic E-state index is 13.2. The summed E-state index contributed by atoms with van der Waals surface area (Å²) in [6, 6.07) is 15.2. The number of nitrogens with zero attached hydrogens (tertiary/aromatic N) is 1. The van der Waals surface area contributed by atoms with Gasteiger partial charge in [0.25, 0.3) is 0 Å². The van der Waals surface area contributed by atoms with Crippen LogP contribution in [-0.4, -0.2) is 31.8 Å². The van der Waals surface area contributed by atoms with E-state index in [0.717, 1.165) is 5.56 Å². The number of carbonyl (C=O) groups is 2. The van der Waals surface area contributed by atoms with Gasteiger partial charge in [0.2, 0.25) is 0 Å². The minimum absolute atomic E-state index is 0.100. The van der Waals surface area contributed by atoms with Crippen molar-refractivity contribution in [2.75, 3.05) is 6.54 Å². The third-order valence-electron chi connectivity index (χ3n) is 4.40. The first kappa shape index (κ1) is 21.7. The van der Waals surface area contributed by atoms with Crippen LogP contribution in [0.2, 0.25) is 0 Å². The lowest BCUT2D eigenvalue weighted by Gasteiger charge is -2.17. The molecule has 9 heteroatoms. The molecule has 0 bridgehead atoms. The Morgan fingerprint density at radius 1 is 1.00 bits per heavy atom. The number of carbonyl (C=O) groups excluding carboxylic acids is 2. The van der Waals surface area contributed by atoms with Crippen LogP contribution in [-0.2, 0) is 26.0 Å². The number of hydrogen-bond donors (Lipinski definition) is 2. The van der Waals surface area contributed by atoms with Crippen LogP contribution < -0.4 is 10.6 Å². The lowest BCUT2D eigenvalue weighted by molar-refractivity contribution is -0.139. The average Bonchev–Trinajstić information content (AvgIpc) is 3.27. The second-order valence-electron chi connectivity index (χ2n) is 6.58. The lowest BCUT2D eigenvalue weighted by atomic mass is 10.2. The fraction of sp³-hybridized carbons (Fsp3) is 0.190. The van der Waals surface area contributed by atoms with Crippen LogP contribution >= 0.6 is 11.3 Å². The van der Waals surface area contributed by atoms with Gasteiger partial charge in [-0.05, 0) is 42.6 Å². The minimum atomic E-state index is -3.76. The largest absolute Gasteiger partial charge is 0.346 e. The summed E-state index contributed by atoms with van der Waals surface area (Å²) in [4.78, 5) is 29.1. The van der Waals surface area contributed by atoms with Crippen molar-refractivity contribution in [3.8, 4) is 0 Å². The molecule has 1 aromatic carbocycles. The number of aromatic nitrogens is 1. The minimum Gasteiger partial charge on any atom is -0.346 e. The fourth-order valence-electron chi connectivity index (χ4n) is 2.75. The molecule has 0 saturated heterocycles. The summed E-state index contributed by atoms with van der Waals surface area (Å²) >= 11 is 1.28. The van der Waals surface area contributed by atoms with E-state index < -0.39 is 26.9 Å². The Morgan fingerprint density at radius 3 is 2.37 bits per heavy atom. The molecule has 2 N–H and O–H groups in total. The number of aryl methyl sites for hydroxylation is 1. The van der Waals surface area contributed by atoms with E-state index in [-0.39, 0.29) is 18.0 Å². The standard InChI is InChI=1S/C21H21N3O4S2/c1-15-7-9-17(10-8-15)30(27,28)19(18-6-4-12-29-18)14-24-21(26)20(25)23-13-16-5-2-3-11-22-16/h2-12,19H,13-14H2,1H3,(H,23,25)(H,24,26)/t19-/m1/s1. The summed E-state index contributed by atoms with van der Waals surface area (Å²) < 4.78 is 26.4. The van der Waals surface area contributed by atoms with Gasteiger partial charge in [0.15, 0.2) is 9.84 Å². The van der Waals surface area contributed by atoms with Gasteiger partial charge in [0.05, 0.1) is 17.1 Å². The highest BCUT2D eigenvalue weighted by Crippen LogP contribution is 2.31. The predicted molar refractivity (Wildman–Crippen MR) is 115 cm³/mol. The van der Waals surface area contributed by atoms with Crippen molar-refractivity contribution in [1.29, 1.82) is 0 Å². The third-order valence-corrected chi connectivity index (χ3v) is 7.63. The number of sulfone groups is 1. The summed E-state index contributed by atoms with van der Waals surface area (Å²) in [6.07, 6.45) is 1.59. The highest BCUT2D eigenvalue weighted by atomic mass is 32.2. The van der Waals surface area contributed by atoms with Gasteiger partial charge in [-0.25, -0.2) is 8.42 Å². The molecule has 0 radical (unpaired) electrons. The molecule has 0 unspecified atom stereocenters. The monoisotopic (exact) mass is 443 g/mol. The van der Waals surface area contributed by atoms with Crippen molar-refractivity contribution >= 4 is 33.0 Å². The van der Waals surface area contributed by atoms with Gasteiger partial charge < -0.3 is 10.6 Å². The highest BCUT2D eigenvalue weighted by Gasteiger charge is 2.31. The van der Waals surface area contributed by atoms with E-state index in [9.17, 15) is 18.0 Å². The summed E-state index contributed by atoms with van der Waals surface area (Å²) in [5, 5.41) is 5.70. The van der Waals surface area contributed by atoms with Crippen LogP contribution in [0.1, 0.15) is 21.4 Å². The highest BCUT2D eigenvalue weighted by molar-refractivity contribution is 7.91. The van der Waals surface area contributed by atoms with Gasteiger partial charge in [-0.2, -0.15) is 0 Å². The molecule has 2 heterocycles. The van der Waals surface area contributed by atoms with Crippen LogP contribution in [0.4, 0.5) is 0 Å². The molecule has 1 atom stereocenters. The molecule has 3 rings (SSSR count). The van der Waals surface area contributed by atoms with Crippen LogP contribution in [0, 0.1) is 6.92 Å². The van der Waals surface area contributed by atoms with E-state index in [1.54, 1.807) is 66.2 Å². The number of benzene rings is 1. The Hall–Kier alpha value is -3.04. The molecular weight excluding hydrogens is 422 g/mol. The molecule has 0 fully saturated rings. The van der Waals surface area contributed by atoms with Gasteiger partial charge in [-0.1, -0.05) is 29.8 Å². The zero-order chi connectivity index (χ0) is 21.6. The van der Waals surface area contributed by atoms with Gasteiger partial charge in [-0.15, -0.1) is 11.3 Å². The van der Waals surface area contributed by atoms with E-state index in [2.05, 4.69) is 15.6 Å². The van der Waals surface area contributed by atoms with Crippen molar-refractivity contribution in [1.82, 2.24) is 15.6 Å². The molecule has 0 saturated carbocycles. The number of rotatable bonds is 7. The molecule has 30 heavy (non-hydrogen) atoms. The van der Waals surface area contributed by atoms with Crippen molar-refractivity contribution in [3.05, 3.63) is 82.3 Å². The molecule has 0 aliphatic carbocycles. The molecule has 0 aliphatic rings. The van der Waals surface area contributed by atoms with Crippen LogP contribution in [0.15, 0.2) is 71.1 Å². The molecule has 7 nitrogen and oxygen atoms in total. The third kappa shape index (κ3) is 5.31. The normalized spacial score (nSPS) is 12.2. The van der Waals surface area contributed by atoms with Crippen LogP contribution in [0.5, 0.6) is 0 Å². The van der Waals surface area contributed by atoms with Gasteiger partial charge in [-0.3, -0.25) is 14.6 Å². The first-order valence-corrected chi connectivity index (χ1v) is 11.6. The number of thiophene rings is 1. The Bertz CT molecular complexity index is 1100. The van der Waals surface area contributed by atoms with Gasteiger partial charge in [0.1, 0.15) is 5.25 Å². The van der Waals surface area contributed by atoms with Gasteiger partial charge >= 0.3 is 11.8 Å². The van der Waals surface area contributed by atoms with Crippen molar-refractivity contribution < 1.29 is 18.0 Å². The first-order valence-electron chi connectivity index (χ1n) is 9.18. The number of pyridine rings is 1.